The van der Waals surface area contributed by atoms with Gasteiger partial charge in [0.1, 0.15) is 5.01 Å². The summed E-state index contributed by atoms with van der Waals surface area (Å²) in [6, 6.07) is 3.92. The molecular formula is C20H27N5O2S. The first-order valence-corrected chi connectivity index (χ1v) is 10.7. The largest absolute Gasteiger partial charge is 0.349 e. The second-order valence-electron chi connectivity index (χ2n) is 6.80. The molecule has 0 aromatic carbocycles. The minimum atomic E-state index is -0.0413. The zero-order chi connectivity index (χ0) is 19.9. The Balaban J connectivity index is 1.46. The summed E-state index contributed by atoms with van der Waals surface area (Å²) >= 11 is 1.54. The van der Waals surface area contributed by atoms with Gasteiger partial charge >= 0.3 is 6.03 Å². The van der Waals surface area contributed by atoms with Crippen LogP contribution in [-0.2, 0) is 11.3 Å². The molecule has 3 amide bonds. The lowest BCUT2D eigenvalue weighted by atomic mass is 9.96. The van der Waals surface area contributed by atoms with Crippen LogP contribution >= 0.6 is 11.3 Å². The predicted molar refractivity (Wildman–Crippen MR) is 110 cm³/mol. The second kappa shape index (κ2) is 9.64. The zero-order valence-corrected chi connectivity index (χ0v) is 17.2. The van der Waals surface area contributed by atoms with Crippen molar-refractivity contribution in [2.45, 2.75) is 33.2 Å². The molecule has 7 nitrogen and oxygen atoms in total. The summed E-state index contributed by atoms with van der Waals surface area (Å²) in [4.78, 5) is 37.2. The SMILES string of the molecule is CCN(CC)C(=O)N1CCC(C(=O)NCc2nc(-c3ccncc3)cs2)CC1. The van der Waals surface area contributed by atoms with Crippen molar-refractivity contribution in [3.8, 4) is 11.3 Å². The number of carbonyl (C=O) groups is 2. The van der Waals surface area contributed by atoms with Crippen LogP contribution in [0.1, 0.15) is 31.7 Å². The molecule has 0 atom stereocenters. The fourth-order valence-electron chi connectivity index (χ4n) is 3.38. The van der Waals surface area contributed by atoms with E-state index in [1.807, 2.05) is 41.2 Å². The summed E-state index contributed by atoms with van der Waals surface area (Å²) in [6.45, 7) is 7.11. The number of piperidine rings is 1. The van der Waals surface area contributed by atoms with Gasteiger partial charge in [0, 0.05) is 55.4 Å². The van der Waals surface area contributed by atoms with Gasteiger partial charge in [0.15, 0.2) is 0 Å². The highest BCUT2D eigenvalue weighted by molar-refractivity contribution is 7.09. The van der Waals surface area contributed by atoms with Crippen molar-refractivity contribution >= 4 is 23.3 Å². The maximum atomic E-state index is 12.5. The fraction of sp³-hybridized carbons (Fsp3) is 0.500. The molecule has 3 heterocycles. The third-order valence-corrected chi connectivity index (χ3v) is 5.96. The Morgan fingerprint density at radius 2 is 1.89 bits per heavy atom. The number of likely N-dealkylation sites (tertiary alicyclic amines) is 1. The summed E-state index contributed by atoms with van der Waals surface area (Å²) in [7, 11) is 0. The molecule has 1 N–H and O–H groups in total. The molecule has 0 saturated carbocycles. The summed E-state index contributed by atoms with van der Waals surface area (Å²) in [5.74, 6) is 0.0102. The molecule has 1 fully saturated rings. The Morgan fingerprint density at radius 1 is 1.21 bits per heavy atom. The van der Waals surface area contributed by atoms with Crippen molar-refractivity contribution < 1.29 is 9.59 Å². The molecule has 0 unspecified atom stereocenters. The van der Waals surface area contributed by atoms with Crippen molar-refractivity contribution in [2.75, 3.05) is 26.2 Å². The lowest BCUT2D eigenvalue weighted by Crippen LogP contribution is -2.48. The third kappa shape index (κ3) is 4.86. The Labute approximate surface area is 169 Å². The maximum Gasteiger partial charge on any atom is 0.319 e. The summed E-state index contributed by atoms with van der Waals surface area (Å²) in [5.41, 5.74) is 1.92. The van der Waals surface area contributed by atoms with Crippen molar-refractivity contribution in [2.24, 2.45) is 5.92 Å². The minimum Gasteiger partial charge on any atom is -0.349 e. The Hall–Kier alpha value is -2.48. The molecule has 2 aromatic rings. The average Bonchev–Trinajstić information content (AvgIpc) is 3.22. The Kier molecular flexibility index (Phi) is 6.97. The average molecular weight is 402 g/mol. The van der Waals surface area contributed by atoms with Gasteiger partial charge < -0.3 is 15.1 Å². The molecule has 150 valence electrons. The predicted octanol–water partition coefficient (Wildman–Crippen LogP) is 3.00. The third-order valence-electron chi connectivity index (χ3n) is 5.11. The number of nitrogens with zero attached hydrogens (tertiary/aromatic N) is 4. The highest BCUT2D eigenvalue weighted by Gasteiger charge is 2.28. The van der Waals surface area contributed by atoms with Gasteiger partial charge in [-0.05, 0) is 38.8 Å². The number of urea groups is 1. The van der Waals surface area contributed by atoms with Crippen LogP contribution in [-0.4, -0.2) is 57.9 Å². The van der Waals surface area contributed by atoms with E-state index in [4.69, 9.17) is 0 Å². The highest BCUT2D eigenvalue weighted by atomic mass is 32.1. The minimum absolute atomic E-state index is 0.0413. The van der Waals surface area contributed by atoms with E-state index in [1.165, 1.54) is 0 Å². The van der Waals surface area contributed by atoms with E-state index in [0.717, 1.165) is 16.3 Å². The highest BCUT2D eigenvalue weighted by Crippen LogP contribution is 2.22. The molecule has 1 aliphatic heterocycles. The summed E-state index contributed by atoms with van der Waals surface area (Å²) < 4.78 is 0. The van der Waals surface area contributed by atoms with Crippen molar-refractivity contribution in [3.63, 3.8) is 0 Å². The van der Waals surface area contributed by atoms with Crippen LogP contribution in [0, 0.1) is 5.92 Å². The topological polar surface area (TPSA) is 78.4 Å². The number of amides is 3. The molecule has 1 saturated heterocycles. The number of aromatic nitrogens is 2. The number of hydrogen-bond acceptors (Lipinski definition) is 5. The van der Waals surface area contributed by atoms with Gasteiger partial charge in [-0.2, -0.15) is 0 Å². The molecule has 8 heteroatoms. The standard InChI is InChI=1S/C20H27N5O2S/c1-3-24(4-2)20(27)25-11-7-16(8-12-25)19(26)22-13-18-23-17(14-28-18)15-5-9-21-10-6-15/h5-6,9-10,14,16H,3-4,7-8,11-13H2,1-2H3,(H,22,26). The molecule has 0 aliphatic carbocycles. The lowest BCUT2D eigenvalue weighted by molar-refractivity contribution is -0.126. The number of rotatable bonds is 6. The molecule has 0 radical (unpaired) electrons. The number of nitrogens with one attached hydrogen (secondary N) is 1. The summed E-state index contributed by atoms with van der Waals surface area (Å²) in [6.07, 6.45) is 4.90. The number of hydrogen-bond donors (Lipinski definition) is 1. The van der Waals surface area contributed by atoms with E-state index in [2.05, 4.69) is 15.3 Å². The van der Waals surface area contributed by atoms with E-state index >= 15 is 0 Å². The molecular weight excluding hydrogens is 374 g/mol. The van der Waals surface area contributed by atoms with Crippen LogP contribution in [0.5, 0.6) is 0 Å². The molecule has 1 aliphatic rings. The van der Waals surface area contributed by atoms with Crippen LogP contribution in [0.3, 0.4) is 0 Å². The molecule has 2 aromatic heterocycles. The van der Waals surface area contributed by atoms with Crippen LogP contribution in [0.2, 0.25) is 0 Å². The first-order valence-electron chi connectivity index (χ1n) is 9.78. The zero-order valence-electron chi connectivity index (χ0n) is 16.4. The van der Waals surface area contributed by atoms with E-state index in [1.54, 1.807) is 23.7 Å². The smallest absolute Gasteiger partial charge is 0.319 e. The van der Waals surface area contributed by atoms with Gasteiger partial charge in [0.05, 0.1) is 12.2 Å². The van der Waals surface area contributed by atoms with Crippen LogP contribution in [0.4, 0.5) is 4.79 Å². The van der Waals surface area contributed by atoms with Crippen molar-refractivity contribution in [1.82, 2.24) is 25.1 Å². The Morgan fingerprint density at radius 3 is 2.54 bits per heavy atom. The van der Waals surface area contributed by atoms with E-state index in [-0.39, 0.29) is 17.9 Å². The quantitative estimate of drug-likeness (QED) is 0.807. The first-order chi connectivity index (χ1) is 13.6. The fourth-order valence-corrected chi connectivity index (χ4v) is 4.12. The Bertz CT molecular complexity index is 783. The molecule has 0 bridgehead atoms. The number of carbonyl (C=O) groups excluding carboxylic acids is 2. The van der Waals surface area contributed by atoms with Crippen LogP contribution in [0.25, 0.3) is 11.3 Å². The van der Waals surface area contributed by atoms with Gasteiger partial charge in [-0.25, -0.2) is 9.78 Å². The van der Waals surface area contributed by atoms with Gasteiger partial charge in [-0.15, -0.1) is 11.3 Å². The van der Waals surface area contributed by atoms with E-state index < -0.39 is 0 Å². The molecule has 3 rings (SSSR count). The number of thiazole rings is 1. The second-order valence-corrected chi connectivity index (χ2v) is 7.74. The van der Waals surface area contributed by atoms with E-state index in [0.29, 0.717) is 45.6 Å². The summed E-state index contributed by atoms with van der Waals surface area (Å²) in [5, 5.41) is 5.88. The van der Waals surface area contributed by atoms with Crippen molar-refractivity contribution in [3.05, 3.63) is 34.9 Å². The molecule has 0 spiro atoms. The first kappa shape index (κ1) is 20.3. The van der Waals surface area contributed by atoms with Gasteiger partial charge in [0.2, 0.25) is 5.91 Å². The van der Waals surface area contributed by atoms with Crippen LogP contribution < -0.4 is 5.32 Å². The molecule has 28 heavy (non-hydrogen) atoms. The lowest BCUT2D eigenvalue weighted by Gasteiger charge is -2.34. The van der Waals surface area contributed by atoms with Gasteiger partial charge in [-0.3, -0.25) is 9.78 Å². The van der Waals surface area contributed by atoms with Crippen molar-refractivity contribution in [1.29, 1.82) is 0 Å². The monoisotopic (exact) mass is 401 g/mol. The maximum absolute atomic E-state index is 12.5. The van der Waals surface area contributed by atoms with E-state index in [9.17, 15) is 9.59 Å². The van der Waals surface area contributed by atoms with Crippen LogP contribution in [0.15, 0.2) is 29.9 Å². The van der Waals surface area contributed by atoms with Gasteiger partial charge in [-0.1, -0.05) is 0 Å². The number of pyridine rings is 1. The van der Waals surface area contributed by atoms with Gasteiger partial charge in [0.25, 0.3) is 0 Å². The normalized spacial score (nSPS) is 14.7.